The minimum absolute atomic E-state index is 0.00515. The van der Waals surface area contributed by atoms with Crippen LogP contribution >= 0.6 is 0 Å². The van der Waals surface area contributed by atoms with Crippen LogP contribution in [-0.4, -0.2) is 36.3 Å². The molecule has 5 N–H and O–H groups in total. The lowest BCUT2D eigenvalue weighted by Gasteiger charge is -2.31. The zero-order valence-electron chi connectivity index (χ0n) is 17.0. The lowest BCUT2D eigenvalue weighted by atomic mass is 9.94. The number of carbonyl (C=O) groups is 2. The third-order valence-electron chi connectivity index (χ3n) is 6.01. The molecule has 2 heterocycles. The number of hydrazine groups is 1. The Hall–Kier alpha value is -2.74. The Bertz CT molecular complexity index is 871. The Morgan fingerprint density at radius 2 is 1.87 bits per heavy atom. The van der Waals surface area contributed by atoms with Crippen LogP contribution in [0, 0.1) is 11.8 Å². The van der Waals surface area contributed by atoms with Crippen molar-refractivity contribution in [2.45, 2.75) is 25.4 Å². The van der Waals surface area contributed by atoms with E-state index in [-0.39, 0.29) is 29.7 Å². The van der Waals surface area contributed by atoms with Gasteiger partial charge >= 0.3 is 0 Å². The van der Waals surface area contributed by atoms with E-state index >= 15 is 0 Å². The van der Waals surface area contributed by atoms with Gasteiger partial charge in [0, 0.05) is 25.3 Å². The summed E-state index contributed by atoms with van der Waals surface area (Å²) in [5, 5.41) is 3.04. The number of likely N-dealkylation sites (tertiary alicyclic amines) is 1. The second-order valence-electron chi connectivity index (χ2n) is 8.18. The fourth-order valence-corrected chi connectivity index (χ4v) is 4.34. The van der Waals surface area contributed by atoms with Gasteiger partial charge in [0.15, 0.2) is 0 Å². The van der Waals surface area contributed by atoms with Crippen molar-refractivity contribution in [3.63, 3.8) is 0 Å². The van der Waals surface area contributed by atoms with Crippen molar-refractivity contribution in [1.29, 1.82) is 0 Å². The van der Waals surface area contributed by atoms with Crippen molar-refractivity contribution >= 4 is 17.5 Å². The summed E-state index contributed by atoms with van der Waals surface area (Å²) < 4.78 is 0. The SMILES string of the molecule is NC(=O)C1CCCN(Cc2ccc(NC(=O)C3CNNC3c3ccccc3)cc2)C1. The Morgan fingerprint density at radius 1 is 1.10 bits per heavy atom. The smallest absolute Gasteiger partial charge is 0.230 e. The van der Waals surface area contributed by atoms with Crippen LogP contribution in [0.5, 0.6) is 0 Å². The highest BCUT2D eigenvalue weighted by molar-refractivity contribution is 5.93. The number of hydrogen-bond acceptors (Lipinski definition) is 5. The largest absolute Gasteiger partial charge is 0.369 e. The minimum Gasteiger partial charge on any atom is -0.369 e. The van der Waals surface area contributed by atoms with E-state index in [1.54, 1.807) is 0 Å². The number of hydrogen-bond donors (Lipinski definition) is 4. The molecule has 0 aromatic heterocycles. The quantitative estimate of drug-likeness (QED) is 0.585. The van der Waals surface area contributed by atoms with Gasteiger partial charge in [-0.2, -0.15) is 0 Å². The Labute approximate surface area is 177 Å². The average Bonchev–Trinajstić information content (AvgIpc) is 3.26. The van der Waals surface area contributed by atoms with Crippen LogP contribution in [0.3, 0.4) is 0 Å². The van der Waals surface area contributed by atoms with Crippen LogP contribution in [0.2, 0.25) is 0 Å². The van der Waals surface area contributed by atoms with Gasteiger partial charge in [0.05, 0.1) is 17.9 Å². The van der Waals surface area contributed by atoms with E-state index in [0.29, 0.717) is 6.54 Å². The lowest BCUT2D eigenvalue weighted by molar-refractivity contribution is -0.123. The normalized spacial score (nSPS) is 24.5. The van der Waals surface area contributed by atoms with E-state index in [0.717, 1.165) is 49.3 Å². The van der Waals surface area contributed by atoms with E-state index in [9.17, 15) is 9.59 Å². The van der Waals surface area contributed by atoms with Crippen molar-refractivity contribution in [1.82, 2.24) is 15.8 Å². The molecule has 4 rings (SSSR count). The van der Waals surface area contributed by atoms with Gasteiger partial charge in [0.25, 0.3) is 0 Å². The number of nitrogens with zero attached hydrogens (tertiary/aromatic N) is 1. The first-order valence-electron chi connectivity index (χ1n) is 10.5. The molecule has 30 heavy (non-hydrogen) atoms. The fourth-order valence-electron chi connectivity index (χ4n) is 4.34. The molecule has 0 saturated carbocycles. The van der Waals surface area contributed by atoms with E-state index in [2.05, 4.69) is 21.1 Å². The van der Waals surface area contributed by atoms with Crippen molar-refractivity contribution < 1.29 is 9.59 Å². The predicted molar refractivity (Wildman–Crippen MR) is 116 cm³/mol. The molecular weight excluding hydrogens is 378 g/mol. The van der Waals surface area contributed by atoms with Crippen LogP contribution in [0.25, 0.3) is 0 Å². The van der Waals surface area contributed by atoms with Crippen LogP contribution < -0.4 is 21.9 Å². The van der Waals surface area contributed by atoms with Crippen molar-refractivity contribution in [2.24, 2.45) is 17.6 Å². The highest BCUT2D eigenvalue weighted by Gasteiger charge is 2.33. The molecule has 0 spiro atoms. The first-order valence-corrected chi connectivity index (χ1v) is 10.5. The van der Waals surface area contributed by atoms with Crippen LogP contribution in [0.4, 0.5) is 5.69 Å². The topological polar surface area (TPSA) is 99.5 Å². The van der Waals surface area contributed by atoms with Gasteiger partial charge in [0.2, 0.25) is 11.8 Å². The summed E-state index contributed by atoms with van der Waals surface area (Å²) in [5.74, 6) is -0.452. The molecule has 2 aromatic carbocycles. The number of piperidine rings is 1. The van der Waals surface area contributed by atoms with Crippen LogP contribution in [-0.2, 0) is 16.1 Å². The highest BCUT2D eigenvalue weighted by Crippen LogP contribution is 2.26. The average molecular weight is 408 g/mol. The summed E-state index contributed by atoms with van der Waals surface area (Å²) in [6.45, 7) is 3.06. The second-order valence-corrected chi connectivity index (χ2v) is 8.18. The Balaban J connectivity index is 1.34. The van der Waals surface area contributed by atoms with E-state index in [1.165, 1.54) is 0 Å². The maximum absolute atomic E-state index is 12.9. The summed E-state index contributed by atoms with van der Waals surface area (Å²) in [4.78, 5) is 26.6. The number of benzene rings is 2. The van der Waals surface area contributed by atoms with Gasteiger partial charge in [0.1, 0.15) is 0 Å². The molecule has 7 nitrogen and oxygen atoms in total. The molecule has 2 aliphatic heterocycles. The maximum atomic E-state index is 12.9. The third-order valence-corrected chi connectivity index (χ3v) is 6.01. The molecule has 7 heteroatoms. The summed E-state index contributed by atoms with van der Waals surface area (Å²) in [6, 6.07) is 17.9. The van der Waals surface area contributed by atoms with E-state index in [1.807, 2.05) is 54.6 Å². The fraction of sp³-hybridized carbons (Fsp3) is 0.391. The first kappa shape index (κ1) is 20.5. The van der Waals surface area contributed by atoms with Crippen LogP contribution in [0.15, 0.2) is 54.6 Å². The Morgan fingerprint density at radius 3 is 2.60 bits per heavy atom. The van der Waals surface area contributed by atoms with Gasteiger partial charge < -0.3 is 11.1 Å². The Kier molecular flexibility index (Phi) is 6.42. The zero-order chi connectivity index (χ0) is 20.9. The molecule has 2 aliphatic rings. The van der Waals surface area contributed by atoms with Gasteiger partial charge in [-0.15, -0.1) is 0 Å². The highest BCUT2D eigenvalue weighted by atomic mass is 16.2. The van der Waals surface area contributed by atoms with E-state index < -0.39 is 0 Å². The number of rotatable bonds is 6. The summed E-state index contributed by atoms with van der Waals surface area (Å²) in [6.07, 6.45) is 1.87. The van der Waals surface area contributed by atoms with Crippen LogP contribution in [0.1, 0.15) is 30.0 Å². The van der Waals surface area contributed by atoms with Gasteiger partial charge in [-0.05, 0) is 42.6 Å². The van der Waals surface area contributed by atoms with Crippen molar-refractivity contribution in [3.8, 4) is 0 Å². The minimum atomic E-state index is -0.206. The number of anilines is 1. The molecule has 0 aliphatic carbocycles. The summed E-state index contributed by atoms with van der Waals surface area (Å²) in [5.41, 5.74) is 14.8. The van der Waals surface area contributed by atoms with Crippen molar-refractivity contribution in [3.05, 3.63) is 65.7 Å². The molecule has 158 valence electrons. The standard InChI is InChI=1S/C23H29N5O2/c24-22(29)18-7-4-12-28(15-18)14-16-8-10-19(11-9-16)26-23(30)20-13-25-27-21(20)17-5-2-1-3-6-17/h1-3,5-6,8-11,18,20-21,25,27H,4,7,12-15H2,(H2,24,29)(H,26,30). The number of amides is 2. The third kappa shape index (κ3) is 4.87. The molecule has 2 amide bonds. The van der Waals surface area contributed by atoms with Gasteiger partial charge in [-0.25, -0.2) is 5.43 Å². The summed E-state index contributed by atoms with van der Waals surface area (Å²) >= 11 is 0. The number of carbonyl (C=O) groups excluding carboxylic acids is 2. The number of nitrogens with two attached hydrogens (primary N) is 1. The molecule has 3 unspecified atom stereocenters. The summed E-state index contributed by atoms with van der Waals surface area (Å²) in [7, 11) is 0. The lowest BCUT2D eigenvalue weighted by Crippen LogP contribution is -2.40. The number of nitrogens with one attached hydrogen (secondary N) is 3. The maximum Gasteiger partial charge on any atom is 0.230 e. The van der Waals surface area contributed by atoms with Gasteiger partial charge in [-0.3, -0.25) is 19.9 Å². The molecule has 2 aromatic rings. The second kappa shape index (κ2) is 9.38. The molecule has 2 fully saturated rings. The molecule has 0 bridgehead atoms. The molecule has 2 saturated heterocycles. The molecule has 0 radical (unpaired) electrons. The van der Waals surface area contributed by atoms with Crippen molar-refractivity contribution in [2.75, 3.05) is 25.0 Å². The first-order chi connectivity index (χ1) is 14.6. The molecular formula is C23H29N5O2. The van der Waals surface area contributed by atoms with Gasteiger partial charge in [-0.1, -0.05) is 42.5 Å². The predicted octanol–water partition coefficient (Wildman–Crippen LogP) is 1.79. The zero-order valence-corrected chi connectivity index (χ0v) is 17.0. The monoisotopic (exact) mass is 407 g/mol. The molecule has 3 atom stereocenters. The van der Waals surface area contributed by atoms with E-state index in [4.69, 9.17) is 5.73 Å². The number of primary amides is 1.